The molecule has 1 saturated heterocycles. The van der Waals surface area contributed by atoms with Crippen molar-refractivity contribution in [1.82, 2.24) is 10.6 Å². The third-order valence-electron chi connectivity index (χ3n) is 2.16. The minimum Gasteiger partial charge on any atom is -0.352 e. The lowest BCUT2D eigenvalue weighted by atomic mass is 10.3. The van der Waals surface area contributed by atoms with Gasteiger partial charge in [-0.15, -0.1) is 0 Å². The second kappa shape index (κ2) is 3.66. The SMILES string of the molecule is O=C(NC1CC1)C1CSCCN1. The fourth-order valence-corrected chi connectivity index (χ4v) is 2.20. The topological polar surface area (TPSA) is 41.1 Å². The molecule has 1 amide bonds. The van der Waals surface area contributed by atoms with E-state index in [0.29, 0.717) is 6.04 Å². The van der Waals surface area contributed by atoms with Crippen molar-refractivity contribution in [2.45, 2.75) is 24.9 Å². The van der Waals surface area contributed by atoms with Crippen molar-refractivity contribution in [3.8, 4) is 0 Å². The molecule has 0 radical (unpaired) electrons. The van der Waals surface area contributed by atoms with E-state index in [4.69, 9.17) is 0 Å². The smallest absolute Gasteiger partial charge is 0.238 e. The Morgan fingerprint density at radius 3 is 2.92 bits per heavy atom. The molecule has 2 N–H and O–H groups in total. The quantitative estimate of drug-likeness (QED) is 0.636. The second-order valence-electron chi connectivity index (χ2n) is 3.36. The molecule has 2 rings (SSSR count). The van der Waals surface area contributed by atoms with E-state index >= 15 is 0 Å². The molecule has 1 saturated carbocycles. The number of rotatable bonds is 2. The van der Waals surface area contributed by atoms with Gasteiger partial charge in [-0.3, -0.25) is 4.79 Å². The van der Waals surface area contributed by atoms with Crippen LogP contribution in [0.4, 0.5) is 0 Å². The molecule has 0 bridgehead atoms. The molecule has 1 aliphatic carbocycles. The summed E-state index contributed by atoms with van der Waals surface area (Å²) in [6, 6.07) is 0.551. The number of nitrogens with one attached hydrogen (secondary N) is 2. The van der Waals surface area contributed by atoms with Gasteiger partial charge in [-0.2, -0.15) is 11.8 Å². The molecular formula is C8H14N2OS. The first-order chi connectivity index (χ1) is 5.86. The van der Waals surface area contributed by atoms with Gasteiger partial charge in [0.2, 0.25) is 5.91 Å². The van der Waals surface area contributed by atoms with Crippen molar-refractivity contribution >= 4 is 17.7 Å². The standard InChI is InChI=1S/C8H14N2OS/c11-8(10-6-1-2-6)7-5-12-4-3-9-7/h6-7,9H,1-5H2,(H,10,11). The molecule has 1 aliphatic heterocycles. The van der Waals surface area contributed by atoms with Gasteiger partial charge in [-0.1, -0.05) is 0 Å². The minimum absolute atomic E-state index is 0.0596. The van der Waals surface area contributed by atoms with Crippen molar-refractivity contribution in [2.75, 3.05) is 18.1 Å². The van der Waals surface area contributed by atoms with E-state index in [2.05, 4.69) is 10.6 Å². The number of carbonyl (C=O) groups is 1. The Bertz CT molecular complexity index is 176. The van der Waals surface area contributed by atoms with Gasteiger partial charge >= 0.3 is 0 Å². The van der Waals surface area contributed by atoms with E-state index in [1.165, 1.54) is 12.8 Å². The highest BCUT2D eigenvalue weighted by Gasteiger charge is 2.27. The molecule has 12 heavy (non-hydrogen) atoms. The number of amides is 1. The lowest BCUT2D eigenvalue weighted by molar-refractivity contribution is -0.122. The Morgan fingerprint density at radius 2 is 2.33 bits per heavy atom. The van der Waals surface area contributed by atoms with Crippen LogP contribution in [0.5, 0.6) is 0 Å². The molecule has 0 spiro atoms. The van der Waals surface area contributed by atoms with Gasteiger partial charge in [0.25, 0.3) is 0 Å². The summed E-state index contributed by atoms with van der Waals surface area (Å²) in [6.07, 6.45) is 2.34. The van der Waals surface area contributed by atoms with Crippen molar-refractivity contribution in [1.29, 1.82) is 0 Å². The van der Waals surface area contributed by atoms with Crippen LogP contribution in [0.1, 0.15) is 12.8 Å². The largest absolute Gasteiger partial charge is 0.352 e. The first-order valence-electron chi connectivity index (χ1n) is 4.48. The molecule has 0 aromatic rings. The highest BCUT2D eigenvalue weighted by molar-refractivity contribution is 7.99. The number of hydrogen-bond donors (Lipinski definition) is 2. The van der Waals surface area contributed by atoms with Crippen LogP contribution in [0, 0.1) is 0 Å². The molecule has 0 aromatic carbocycles. The van der Waals surface area contributed by atoms with Gasteiger partial charge < -0.3 is 10.6 Å². The van der Waals surface area contributed by atoms with Crippen molar-refractivity contribution < 1.29 is 4.79 Å². The number of carbonyl (C=O) groups excluding carboxylic acids is 1. The van der Waals surface area contributed by atoms with Gasteiger partial charge in [0.15, 0.2) is 0 Å². The van der Waals surface area contributed by atoms with Crippen LogP contribution < -0.4 is 10.6 Å². The minimum atomic E-state index is 0.0596. The zero-order valence-electron chi connectivity index (χ0n) is 7.01. The van der Waals surface area contributed by atoms with Crippen LogP contribution in [0.25, 0.3) is 0 Å². The van der Waals surface area contributed by atoms with Crippen molar-refractivity contribution in [2.24, 2.45) is 0 Å². The van der Waals surface area contributed by atoms with E-state index < -0.39 is 0 Å². The first-order valence-corrected chi connectivity index (χ1v) is 5.63. The first kappa shape index (κ1) is 8.38. The van der Waals surface area contributed by atoms with Crippen LogP contribution >= 0.6 is 11.8 Å². The monoisotopic (exact) mass is 186 g/mol. The lowest BCUT2D eigenvalue weighted by Gasteiger charge is -2.22. The van der Waals surface area contributed by atoms with E-state index in [0.717, 1.165) is 18.1 Å². The molecular weight excluding hydrogens is 172 g/mol. The third kappa shape index (κ3) is 2.14. The Kier molecular flexibility index (Phi) is 2.56. The summed E-state index contributed by atoms with van der Waals surface area (Å²) in [4.78, 5) is 11.5. The maximum absolute atomic E-state index is 11.5. The average molecular weight is 186 g/mol. The predicted molar refractivity (Wildman–Crippen MR) is 50.3 cm³/mol. The van der Waals surface area contributed by atoms with E-state index in [1.807, 2.05) is 11.8 Å². The summed E-state index contributed by atoms with van der Waals surface area (Å²) < 4.78 is 0. The van der Waals surface area contributed by atoms with E-state index in [1.54, 1.807) is 0 Å². The van der Waals surface area contributed by atoms with Crippen LogP contribution in [0.15, 0.2) is 0 Å². The van der Waals surface area contributed by atoms with Crippen molar-refractivity contribution in [3.63, 3.8) is 0 Å². The molecule has 2 aliphatic rings. The molecule has 1 unspecified atom stereocenters. The Morgan fingerprint density at radius 1 is 1.50 bits per heavy atom. The predicted octanol–water partition coefficient (Wildman–Crippen LogP) is -0.0300. The van der Waals surface area contributed by atoms with Crippen LogP contribution in [0.2, 0.25) is 0 Å². The molecule has 4 heteroatoms. The van der Waals surface area contributed by atoms with E-state index in [9.17, 15) is 4.79 Å². The highest BCUT2D eigenvalue weighted by atomic mass is 32.2. The summed E-state index contributed by atoms with van der Waals surface area (Å²) in [5, 5.41) is 6.23. The molecule has 68 valence electrons. The maximum atomic E-state index is 11.5. The van der Waals surface area contributed by atoms with Gasteiger partial charge in [0.05, 0.1) is 6.04 Å². The van der Waals surface area contributed by atoms with Crippen LogP contribution in [-0.2, 0) is 4.79 Å². The van der Waals surface area contributed by atoms with Crippen molar-refractivity contribution in [3.05, 3.63) is 0 Å². The Balaban J connectivity index is 1.76. The average Bonchev–Trinajstić information content (AvgIpc) is 2.90. The lowest BCUT2D eigenvalue weighted by Crippen LogP contribution is -2.49. The zero-order valence-corrected chi connectivity index (χ0v) is 7.82. The van der Waals surface area contributed by atoms with E-state index in [-0.39, 0.29) is 11.9 Å². The van der Waals surface area contributed by atoms with Gasteiger partial charge in [0.1, 0.15) is 0 Å². The Labute approximate surface area is 76.7 Å². The van der Waals surface area contributed by atoms with Gasteiger partial charge in [-0.05, 0) is 12.8 Å². The molecule has 2 fully saturated rings. The molecule has 1 atom stereocenters. The molecule has 0 aromatic heterocycles. The summed E-state index contributed by atoms with van der Waals surface area (Å²) >= 11 is 1.86. The number of thioether (sulfide) groups is 1. The normalized spacial score (nSPS) is 29.8. The zero-order chi connectivity index (χ0) is 8.39. The fourth-order valence-electron chi connectivity index (χ4n) is 1.26. The fraction of sp³-hybridized carbons (Fsp3) is 0.875. The van der Waals surface area contributed by atoms with Crippen LogP contribution in [0.3, 0.4) is 0 Å². The summed E-state index contributed by atoms with van der Waals surface area (Å²) in [5.41, 5.74) is 0. The summed E-state index contributed by atoms with van der Waals surface area (Å²) in [7, 11) is 0. The van der Waals surface area contributed by atoms with Crippen LogP contribution in [-0.4, -0.2) is 36.0 Å². The second-order valence-corrected chi connectivity index (χ2v) is 4.51. The Hall–Kier alpha value is -0.220. The summed E-state index contributed by atoms with van der Waals surface area (Å²) in [6.45, 7) is 0.966. The third-order valence-corrected chi connectivity index (χ3v) is 3.22. The number of hydrogen-bond acceptors (Lipinski definition) is 3. The molecule has 3 nitrogen and oxygen atoms in total. The molecule has 1 heterocycles. The van der Waals surface area contributed by atoms with Gasteiger partial charge in [0, 0.05) is 24.1 Å². The maximum Gasteiger partial charge on any atom is 0.238 e. The van der Waals surface area contributed by atoms with Gasteiger partial charge in [-0.25, -0.2) is 0 Å². The highest BCUT2D eigenvalue weighted by Crippen LogP contribution is 2.19. The summed E-state index contributed by atoms with van der Waals surface area (Å²) in [5.74, 6) is 2.26.